The average molecular weight is 265 g/mol. The molecule has 6 nitrogen and oxygen atoms in total. The summed E-state index contributed by atoms with van der Waals surface area (Å²) < 4.78 is 6.59. The number of ether oxygens (including phenoxy) is 1. The fourth-order valence-electron chi connectivity index (χ4n) is 1.55. The van der Waals surface area contributed by atoms with Crippen molar-refractivity contribution in [2.24, 2.45) is 0 Å². The number of esters is 1. The van der Waals surface area contributed by atoms with Crippen LogP contribution in [0.15, 0.2) is 18.7 Å². The predicted molar refractivity (Wildman–Crippen MR) is 70.5 cm³/mol. The third-order valence-electron chi connectivity index (χ3n) is 2.44. The van der Waals surface area contributed by atoms with E-state index in [0.717, 1.165) is 11.4 Å². The summed E-state index contributed by atoms with van der Waals surface area (Å²) in [4.78, 5) is 22.6. The molecule has 0 aliphatic carbocycles. The summed E-state index contributed by atoms with van der Waals surface area (Å²) in [7, 11) is 0. The monoisotopic (exact) mass is 265 g/mol. The Morgan fingerprint density at radius 1 is 1.53 bits per heavy atom. The average Bonchev–Trinajstić information content (AvgIpc) is 2.69. The molecule has 1 aromatic rings. The number of hydrogen-bond acceptors (Lipinski definition) is 4. The summed E-state index contributed by atoms with van der Waals surface area (Å²) in [5, 5.41) is 6.76. The minimum atomic E-state index is -0.415. The number of carbonyl (C=O) groups is 2. The van der Waals surface area contributed by atoms with Gasteiger partial charge in [0.25, 0.3) is 5.91 Å². The number of nitrogens with zero attached hydrogens (tertiary/aromatic N) is 2. The Kier molecular flexibility index (Phi) is 5.78. The first kappa shape index (κ1) is 14.9. The van der Waals surface area contributed by atoms with Gasteiger partial charge >= 0.3 is 5.97 Å². The summed E-state index contributed by atoms with van der Waals surface area (Å²) in [5.41, 5.74) is 1.91. The highest BCUT2D eigenvalue weighted by molar-refractivity contribution is 5.80. The van der Waals surface area contributed by atoms with Gasteiger partial charge in [0.05, 0.1) is 18.7 Å². The Labute approximate surface area is 112 Å². The third-order valence-corrected chi connectivity index (χ3v) is 2.44. The van der Waals surface area contributed by atoms with Gasteiger partial charge in [-0.15, -0.1) is 6.58 Å². The lowest BCUT2D eigenvalue weighted by Crippen LogP contribution is -2.28. The molecule has 1 N–H and O–H groups in total. The lowest BCUT2D eigenvalue weighted by molar-refractivity contribution is -0.148. The standard InChI is InChI=1S/C13H19N3O3/c1-4-6-14-12(17)9-19-13(18)5-7-16-11(3)8-10(2)15-16/h4,8H,1,5-7,9H2,2-3H3,(H,14,17). The molecule has 0 saturated heterocycles. The van der Waals surface area contributed by atoms with E-state index in [1.165, 1.54) is 0 Å². The van der Waals surface area contributed by atoms with E-state index in [-0.39, 0.29) is 18.9 Å². The summed E-state index contributed by atoms with van der Waals surface area (Å²) in [5.74, 6) is -0.749. The van der Waals surface area contributed by atoms with Gasteiger partial charge in [0, 0.05) is 12.2 Å². The Hall–Kier alpha value is -2.11. The molecule has 0 aliphatic rings. The Morgan fingerprint density at radius 3 is 2.84 bits per heavy atom. The highest BCUT2D eigenvalue weighted by atomic mass is 16.5. The summed E-state index contributed by atoms with van der Waals surface area (Å²) >= 11 is 0. The number of aromatic nitrogens is 2. The Morgan fingerprint density at radius 2 is 2.26 bits per heavy atom. The van der Waals surface area contributed by atoms with E-state index in [4.69, 9.17) is 4.74 Å². The third kappa shape index (κ3) is 5.37. The number of aryl methyl sites for hydroxylation is 3. The van der Waals surface area contributed by atoms with Crippen molar-refractivity contribution in [2.75, 3.05) is 13.2 Å². The second kappa shape index (κ2) is 7.35. The molecule has 0 aliphatic heterocycles. The van der Waals surface area contributed by atoms with Crippen LogP contribution in [-0.2, 0) is 20.9 Å². The number of carbonyl (C=O) groups excluding carboxylic acids is 2. The molecule has 6 heteroatoms. The van der Waals surface area contributed by atoms with E-state index in [1.807, 2.05) is 19.9 Å². The van der Waals surface area contributed by atoms with Gasteiger partial charge in [-0.25, -0.2) is 0 Å². The van der Waals surface area contributed by atoms with Gasteiger partial charge in [-0.05, 0) is 19.9 Å². The first-order valence-corrected chi connectivity index (χ1v) is 6.07. The van der Waals surface area contributed by atoms with Gasteiger partial charge in [-0.1, -0.05) is 6.08 Å². The van der Waals surface area contributed by atoms with E-state index in [1.54, 1.807) is 10.8 Å². The van der Waals surface area contributed by atoms with E-state index >= 15 is 0 Å². The van der Waals surface area contributed by atoms with Crippen LogP contribution in [0, 0.1) is 13.8 Å². The van der Waals surface area contributed by atoms with Crippen LogP contribution in [0.5, 0.6) is 0 Å². The molecule has 0 radical (unpaired) electrons. The van der Waals surface area contributed by atoms with Crippen molar-refractivity contribution in [3.8, 4) is 0 Å². The van der Waals surface area contributed by atoms with Crippen LogP contribution in [0.2, 0.25) is 0 Å². The smallest absolute Gasteiger partial charge is 0.308 e. The minimum Gasteiger partial charge on any atom is -0.456 e. The summed E-state index contributed by atoms with van der Waals surface area (Å²) in [6.07, 6.45) is 1.75. The molecule has 0 unspecified atom stereocenters. The molecule has 0 saturated carbocycles. The van der Waals surface area contributed by atoms with Crippen LogP contribution in [0.1, 0.15) is 17.8 Å². The van der Waals surface area contributed by atoms with Crippen LogP contribution in [0.4, 0.5) is 0 Å². The van der Waals surface area contributed by atoms with E-state index in [2.05, 4.69) is 17.0 Å². The molecule has 0 fully saturated rings. The topological polar surface area (TPSA) is 73.2 Å². The van der Waals surface area contributed by atoms with E-state index < -0.39 is 5.97 Å². The van der Waals surface area contributed by atoms with Gasteiger partial charge in [0.1, 0.15) is 0 Å². The fraction of sp³-hybridized carbons (Fsp3) is 0.462. The maximum Gasteiger partial charge on any atom is 0.308 e. The molecule has 0 bridgehead atoms. The van der Waals surface area contributed by atoms with Crippen molar-refractivity contribution in [2.45, 2.75) is 26.8 Å². The van der Waals surface area contributed by atoms with Crippen LogP contribution in [-0.4, -0.2) is 34.8 Å². The molecule has 1 heterocycles. The summed E-state index contributed by atoms with van der Waals surface area (Å²) in [6.45, 7) is 7.84. The predicted octanol–water partition coefficient (Wildman–Crippen LogP) is 0.735. The lowest BCUT2D eigenvalue weighted by Gasteiger charge is -2.06. The van der Waals surface area contributed by atoms with E-state index in [9.17, 15) is 9.59 Å². The SMILES string of the molecule is C=CCNC(=O)COC(=O)CCn1nc(C)cc1C. The first-order chi connectivity index (χ1) is 9.02. The molecule has 19 heavy (non-hydrogen) atoms. The van der Waals surface area contributed by atoms with Crippen molar-refractivity contribution in [3.05, 3.63) is 30.1 Å². The second-order valence-corrected chi connectivity index (χ2v) is 4.15. The molecule has 0 spiro atoms. The molecule has 0 aromatic carbocycles. The number of rotatable bonds is 7. The fourth-order valence-corrected chi connectivity index (χ4v) is 1.55. The van der Waals surface area contributed by atoms with Crippen LogP contribution < -0.4 is 5.32 Å². The first-order valence-electron chi connectivity index (χ1n) is 6.07. The second-order valence-electron chi connectivity index (χ2n) is 4.15. The van der Waals surface area contributed by atoms with Crippen molar-refractivity contribution in [1.29, 1.82) is 0 Å². The Bertz CT molecular complexity index is 466. The zero-order valence-corrected chi connectivity index (χ0v) is 11.3. The molecule has 104 valence electrons. The molecule has 1 aromatic heterocycles. The number of nitrogens with one attached hydrogen (secondary N) is 1. The Balaban J connectivity index is 2.26. The molecular weight excluding hydrogens is 246 g/mol. The quantitative estimate of drug-likeness (QED) is 0.583. The van der Waals surface area contributed by atoms with E-state index in [0.29, 0.717) is 13.1 Å². The highest BCUT2D eigenvalue weighted by Gasteiger charge is 2.08. The number of amides is 1. The van der Waals surface area contributed by atoms with Gasteiger partial charge in [0.15, 0.2) is 6.61 Å². The van der Waals surface area contributed by atoms with Gasteiger partial charge in [0.2, 0.25) is 0 Å². The van der Waals surface area contributed by atoms with Crippen molar-refractivity contribution in [1.82, 2.24) is 15.1 Å². The molecular formula is C13H19N3O3. The minimum absolute atomic E-state index is 0.191. The normalized spacial score (nSPS) is 10.0. The van der Waals surface area contributed by atoms with Crippen molar-refractivity contribution < 1.29 is 14.3 Å². The maximum absolute atomic E-state index is 11.4. The largest absolute Gasteiger partial charge is 0.456 e. The van der Waals surface area contributed by atoms with Crippen LogP contribution >= 0.6 is 0 Å². The van der Waals surface area contributed by atoms with Gasteiger partial charge < -0.3 is 10.1 Å². The van der Waals surface area contributed by atoms with Gasteiger partial charge in [-0.3, -0.25) is 14.3 Å². The zero-order chi connectivity index (χ0) is 14.3. The molecule has 1 rings (SSSR count). The zero-order valence-electron chi connectivity index (χ0n) is 11.3. The van der Waals surface area contributed by atoms with Crippen molar-refractivity contribution >= 4 is 11.9 Å². The number of hydrogen-bond donors (Lipinski definition) is 1. The molecule has 1 amide bonds. The van der Waals surface area contributed by atoms with Crippen LogP contribution in [0.3, 0.4) is 0 Å². The summed E-state index contributed by atoms with van der Waals surface area (Å²) in [6, 6.07) is 1.94. The highest BCUT2D eigenvalue weighted by Crippen LogP contribution is 2.03. The van der Waals surface area contributed by atoms with Gasteiger partial charge in [-0.2, -0.15) is 5.10 Å². The lowest BCUT2D eigenvalue weighted by atomic mass is 10.4. The molecule has 0 atom stereocenters. The van der Waals surface area contributed by atoms with Crippen molar-refractivity contribution in [3.63, 3.8) is 0 Å². The maximum atomic E-state index is 11.4. The van der Waals surface area contributed by atoms with Crippen LogP contribution in [0.25, 0.3) is 0 Å².